The van der Waals surface area contributed by atoms with Crippen molar-refractivity contribution >= 4 is 129 Å². The first-order valence-electron chi connectivity index (χ1n) is 45.4. The summed E-state index contributed by atoms with van der Waals surface area (Å²) in [5.74, 6) is 0. The lowest BCUT2D eigenvalue weighted by molar-refractivity contribution is -0.385. The van der Waals surface area contributed by atoms with Gasteiger partial charge in [0.2, 0.25) is 0 Å². The predicted octanol–water partition coefficient (Wildman–Crippen LogP) is 33.9. The van der Waals surface area contributed by atoms with E-state index in [4.69, 9.17) is 5.26 Å². The Morgan fingerprint density at radius 2 is 0.401 bits per heavy atom. The van der Waals surface area contributed by atoms with Crippen molar-refractivity contribution in [1.82, 2.24) is 0 Å². The molecule has 0 aliphatic carbocycles. The van der Waals surface area contributed by atoms with Gasteiger partial charge in [-0.05, 0) is 287 Å². The SMILES string of the molecule is CN(c1ccc(-c2ccc(N(c3cccc(-c4ccccc4)c3)c3ccc4ccccc4c3)cc2)cc1)c1ccc([N+](=O)[O-])cc1.CN(c1ccc(-c2ccc(N(c3cccc(-c4ccccc4)c3)c3ccc4ccccc4c3)cc2)cc1)c1cccc([N+](=O)[O-])c1.CN(c1ccc(C#N)cc1)c1ccc(-c2ccc(N(c3cccc(-c4ccccc4)c3)c3ccc4ccccc4c3)cc2)cc1. The molecule has 0 N–H and O–H groups in total. The molecule has 0 aliphatic rings. The monoisotopic (exact) mass is 1770 g/mol. The zero-order chi connectivity index (χ0) is 93.5. The number of nitriles is 1. The summed E-state index contributed by atoms with van der Waals surface area (Å²) in [6.07, 6.45) is 0. The molecular formula is C124H93N9O4. The van der Waals surface area contributed by atoms with E-state index in [1.807, 2.05) is 85.5 Å². The molecule has 0 spiro atoms. The van der Waals surface area contributed by atoms with Crippen LogP contribution in [0.1, 0.15) is 5.56 Å². The van der Waals surface area contributed by atoms with Crippen molar-refractivity contribution < 1.29 is 9.85 Å². The standard InChI is InChI=1S/C42H31N3.2C41H31N3O2/c1-44(38-21-14-31(30-43)15-22-38)39-23-16-34(17-24-39)35-18-25-40(26-19-35)45(42-27-20-33-10-5-6-11-36(33)29-42)41-13-7-12-37(28-41)32-8-3-2-4-9-32;1-42(38-14-8-16-41(29-38)44(45)46)36-22-17-32(18-23-36)33-19-24-37(25-20-33)43(40-26-21-31-11-5-6-12-34(31)28-40)39-15-7-13-35(27-39)30-9-3-2-4-10-30;1-42(37-24-26-39(27-25-37)44(45)46)36-19-14-32(15-20-36)33-16-21-38(22-17-33)43(41-23-18-31-10-5-6-11-34(31)29-41)40-13-7-12-35(28-40)30-8-3-2-4-9-30/h2-29H,1H3;2*2-29H,1H3. The highest BCUT2D eigenvalue weighted by Gasteiger charge is 2.22. The van der Waals surface area contributed by atoms with Crippen molar-refractivity contribution in [1.29, 1.82) is 5.26 Å². The van der Waals surface area contributed by atoms with Crippen molar-refractivity contribution in [3.05, 3.63) is 535 Å². The minimum absolute atomic E-state index is 0.0746. The van der Waals surface area contributed by atoms with Gasteiger partial charge in [0, 0.05) is 131 Å². The molecule has 0 fully saturated rings. The number of hydrogen-bond donors (Lipinski definition) is 0. The van der Waals surface area contributed by atoms with Crippen LogP contribution in [0.15, 0.2) is 510 Å². The Hall–Kier alpha value is -18.5. The van der Waals surface area contributed by atoms with Crippen molar-refractivity contribution in [3.63, 3.8) is 0 Å². The molecule has 658 valence electrons. The maximum Gasteiger partial charge on any atom is 0.271 e. The van der Waals surface area contributed by atoms with E-state index in [9.17, 15) is 20.2 Å². The van der Waals surface area contributed by atoms with Gasteiger partial charge in [0.25, 0.3) is 11.4 Å². The third-order valence-corrected chi connectivity index (χ3v) is 25.0. The minimum Gasteiger partial charge on any atom is -0.345 e. The largest absolute Gasteiger partial charge is 0.345 e. The Labute approximate surface area is 797 Å². The number of nitrogens with zero attached hydrogens (tertiary/aromatic N) is 9. The van der Waals surface area contributed by atoms with E-state index in [0.717, 1.165) is 124 Å². The fraction of sp³-hybridized carbons (Fsp3) is 0.0242. The Bertz CT molecular complexity index is 7870. The summed E-state index contributed by atoms with van der Waals surface area (Å²) in [6.45, 7) is 0. The quantitative estimate of drug-likeness (QED) is 0.0448. The number of nitro benzene ring substituents is 2. The highest BCUT2D eigenvalue weighted by molar-refractivity contribution is 5.94. The Morgan fingerprint density at radius 3 is 0.693 bits per heavy atom. The first kappa shape index (κ1) is 87.8. The van der Waals surface area contributed by atoms with Crippen LogP contribution in [-0.4, -0.2) is 31.0 Å². The summed E-state index contributed by atoms with van der Waals surface area (Å²) in [7, 11) is 5.91. The molecule has 0 aromatic heterocycles. The van der Waals surface area contributed by atoms with Crippen LogP contribution in [0, 0.1) is 31.6 Å². The lowest BCUT2D eigenvalue weighted by atomic mass is 10.0. The van der Waals surface area contributed by atoms with Gasteiger partial charge in [-0.2, -0.15) is 5.26 Å². The average molecular weight is 1770 g/mol. The summed E-state index contributed by atoms with van der Waals surface area (Å²) in [4.78, 5) is 34.6. The molecule has 0 atom stereocenters. The van der Waals surface area contributed by atoms with Crippen molar-refractivity contribution in [2.75, 3.05) is 50.5 Å². The summed E-state index contributed by atoms with van der Waals surface area (Å²) >= 11 is 0. The lowest BCUT2D eigenvalue weighted by Gasteiger charge is -2.26. The predicted molar refractivity (Wildman–Crippen MR) is 570 cm³/mol. The summed E-state index contributed by atoms with van der Waals surface area (Å²) in [5.41, 5.74) is 30.1. The number of non-ortho nitro benzene ring substituents is 2. The van der Waals surface area contributed by atoms with Crippen LogP contribution >= 0.6 is 0 Å². The molecule has 13 nitrogen and oxygen atoms in total. The normalized spacial score (nSPS) is 10.8. The molecule has 0 saturated heterocycles. The highest BCUT2D eigenvalue weighted by atomic mass is 16.6. The highest BCUT2D eigenvalue weighted by Crippen LogP contribution is 2.45. The van der Waals surface area contributed by atoms with Gasteiger partial charge in [0.05, 0.1) is 21.5 Å². The van der Waals surface area contributed by atoms with Gasteiger partial charge < -0.3 is 29.4 Å². The number of fused-ring (bicyclic) bond motifs is 3. The Kier molecular flexibility index (Phi) is 25.9. The third kappa shape index (κ3) is 20.1. The first-order chi connectivity index (χ1) is 67.2. The maximum atomic E-state index is 11.3. The Balaban J connectivity index is 0.000000132. The zero-order valence-corrected chi connectivity index (χ0v) is 75.7. The second-order valence-electron chi connectivity index (χ2n) is 33.5. The van der Waals surface area contributed by atoms with E-state index in [1.54, 1.807) is 24.3 Å². The molecule has 0 amide bonds. The molecule has 21 rings (SSSR count). The van der Waals surface area contributed by atoms with Crippen LogP contribution in [0.4, 0.5) is 96.7 Å². The number of nitro groups is 2. The minimum atomic E-state index is -0.382. The number of hydrogen-bond acceptors (Lipinski definition) is 11. The summed E-state index contributed by atoms with van der Waals surface area (Å²) in [6, 6.07) is 177. The summed E-state index contributed by atoms with van der Waals surface area (Å²) < 4.78 is 0. The first-order valence-corrected chi connectivity index (χ1v) is 45.4. The van der Waals surface area contributed by atoms with Gasteiger partial charge in [0.15, 0.2) is 0 Å². The average Bonchev–Trinajstić information content (AvgIpc) is 0.791. The van der Waals surface area contributed by atoms with Gasteiger partial charge in [-0.3, -0.25) is 20.2 Å². The Morgan fingerprint density at radius 1 is 0.182 bits per heavy atom. The molecule has 13 heteroatoms. The third-order valence-electron chi connectivity index (χ3n) is 25.0. The van der Waals surface area contributed by atoms with Crippen LogP contribution in [0.2, 0.25) is 0 Å². The second kappa shape index (κ2) is 40.5. The number of benzene rings is 21. The van der Waals surface area contributed by atoms with Gasteiger partial charge in [-0.15, -0.1) is 0 Å². The van der Waals surface area contributed by atoms with Crippen LogP contribution in [0.5, 0.6) is 0 Å². The van der Waals surface area contributed by atoms with Gasteiger partial charge >= 0.3 is 0 Å². The number of rotatable bonds is 23. The van der Waals surface area contributed by atoms with E-state index < -0.39 is 0 Å². The fourth-order valence-electron chi connectivity index (χ4n) is 17.5. The fourth-order valence-corrected chi connectivity index (χ4v) is 17.5. The van der Waals surface area contributed by atoms with E-state index in [0.29, 0.717) is 5.56 Å². The number of anilines is 15. The van der Waals surface area contributed by atoms with Crippen molar-refractivity contribution in [3.8, 4) is 72.8 Å². The van der Waals surface area contributed by atoms with E-state index >= 15 is 0 Å². The van der Waals surface area contributed by atoms with E-state index in [1.165, 1.54) is 78.3 Å². The molecule has 137 heavy (non-hydrogen) atoms. The van der Waals surface area contributed by atoms with Gasteiger partial charge in [0.1, 0.15) is 0 Å². The molecule has 21 aromatic rings. The van der Waals surface area contributed by atoms with E-state index in [2.05, 4.69) is 438 Å². The van der Waals surface area contributed by atoms with E-state index in [-0.39, 0.29) is 21.2 Å². The lowest BCUT2D eigenvalue weighted by Crippen LogP contribution is -2.10. The van der Waals surface area contributed by atoms with Crippen molar-refractivity contribution in [2.24, 2.45) is 0 Å². The molecule has 0 saturated carbocycles. The summed E-state index contributed by atoms with van der Waals surface area (Å²) in [5, 5.41) is 38.6. The van der Waals surface area contributed by atoms with Crippen LogP contribution in [0.3, 0.4) is 0 Å². The van der Waals surface area contributed by atoms with Crippen LogP contribution in [0.25, 0.3) is 99.1 Å². The smallest absolute Gasteiger partial charge is 0.271 e. The molecule has 0 bridgehead atoms. The van der Waals surface area contributed by atoms with Gasteiger partial charge in [-0.1, -0.05) is 297 Å². The van der Waals surface area contributed by atoms with Crippen LogP contribution in [-0.2, 0) is 0 Å². The maximum absolute atomic E-state index is 11.3. The zero-order valence-electron chi connectivity index (χ0n) is 75.7. The molecular weight excluding hydrogens is 1680 g/mol. The molecule has 21 aromatic carbocycles. The van der Waals surface area contributed by atoms with Crippen LogP contribution < -0.4 is 29.4 Å². The van der Waals surface area contributed by atoms with Crippen molar-refractivity contribution in [2.45, 2.75) is 0 Å². The second-order valence-corrected chi connectivity index (χ2v) is 33.5. The molecule has 0 aliphatic heterocycles. The topological polar surface area (TPSA) is 130 Å². The van der Waals surface area contributed by atoms with Gasteiger partial charge in [-0.25, -0.2) is 0 Å². The molecule has 0 radical (unpaired) electrons. The molecule has 0 unspecified atom stereocenters. The molecule has 0 heterocycles.